The lowest BCUT2D eigenvalue weighted by atomic mass is 10.1. The first-order valence-corrected chi connectivity index (χ1v) is 38.0. The Morgan fingerprint density at radius 2 is 0.297 bits per heavy atom. The fraction of sp³-hybridized carbons (Fsp3) is 1.00. The second-order valence-electron chi connectivity index (χ2n) is 30.4. The standard InChI is InChI=1S/C65H106O53/c66-1-14-27(71)37(81)54(103-14)95-7-20-32(76)39(83)56(109-20)99-11-24-50(116-63-43(87)29(73)16(3-68)105-63)45(89)59(112-24)96-9-22-34(78)40(84)57(110-22)100-12-25-51(117-64-44(88)30(74)17(4-69)106-64)46(90)60(113-25)97-10-23-35(79)41(85)58(111-23)101-13-26-52(118-65-48(92)49(18(5-70)107-65)115-62-42(86)28(72)15(2-67)104-62)47(91)61(114-26)98-8-21-33(77)38(82)55(108-21)94-6-19-31(75)36(80)53(93)102-19/h14-93H,1-13H2/t14-,15-,16-,17-,18-,19-,20-,21-,22-,23-,24-,25-,26-,27-,28-,29-,30-,31-,32-,33-,34-,35-,36+,37+,38+,39+,40+,41+,42+,43+,44+,45+,46+,47+,48+,49-,50-,51-,52-,53+,54-,55+,56+,57+,58+,59+,60+,61+,62-,63-,64-,65-/m0/s1. The van der Waals surface area contributed by atoms with Crippen LogP contribution >= 0.6 is 0 Å². The number of rotatable bonds is 37. The van der Waals surface area contributed by atoms with Crippen LogP contribution in [0.25, 0.3) is 0 Å². The lowest BCUT2D eigenvalue weighted by Crippen LogP contribution is -2.46. The topological polar surface area (TPSA) is 797 Å². The molecule has 0 saturated carbocycles. The van der Waals surface area contributed by atoms with Crippen molar-refractivity contribution in [2.24, 2.45) is 0 Å². The molecule has 13 saturated heterocycles. The Morgan fingerprint density at radius 1 is 0.144 bits per heavy atom. The zero-order chi connectivity index (χ0) is 84.9. The average molecular weight is 1740 g/mol. The second-order valence-corrected chi connectivity index (χ2v) is 30.4. The molecule has 0 aromatic carbocycles. The Morgan fingerprint density at radius 3 is 0.525 bits per heavy atom. The third-order valence-corrected chi connectivity index (χ3v) is 22.5. The summed E-state index contributed by atoms with van der Waals surface area (Å²) in [5, 5.41) is 298. The van der Waals surface area contributed by atoms with Gasteiger partial charge in [-0.05, 0) is 0 Å². The van der Waals surface area contributed by atoms with Crippen molar-refractivity contribution >= 4 is 0 Å². The van der Waals surface area contributed by atoms with Gasteiger partial charge in [0.15, 0.2) is 81.8 Å². The zero-order valence-electron chi connectivity index (χ0n) is 61.9. The van der Waals surface area contributed by atoms with E-state index >= 15 is 0 Å². The first-order valence-electron chi connectivity index (χ1n) is 38.0. The van der Waals surface area contributed by atoms with Gasteiger partial charge in [0.05, 0.1) is 85.9 Å². The molecule has 0 amide bonds. The molecule has 28 N–H and O–H groups in total. The van der Waals surface area contributed by atoms with Gasteiger partial charge in [0.25, 0.3) is 0 Å². The Bertz CT molecular complexity index is 3070. The molecule has 53 nitrogen and oxygen atoms in total. The van der Waals surface area contributed by atoms with Crippen LogP contribution in [0.5, 0.6) is 0 Å². The summed E-state index contributed by atoms with van der Waals surface area (Å²) in [4.78, 5) is 0. The number of aliphatic hydroxyl groups excluding tert-OH is 28. The third-order valence-electron chi connectivity index (χ3n) is 22.5. The fourth-order valence-corrected chi connectivity index (χ4v) is 15.5. The first kappa shape index (κ1) is 93.5. The van der Waals surface area contributed by atoms with Crippen LogP contribution < -0.4 is 0 Å². The van der Waals surface area contributed by atoms with Gasteiger partial charge in [0, 0.05) is 0 Å². The van der Waals surface area contributed by atoms with Gasteiger partial charge in [-0.2, -0.15) is 0 Å². The predicted octanol–water partition coefficient (Wildman–Crippen LogP) is -21.0. The highest BCUT2D eigenvalue weighted by molar-refractivity contribution is 5.01. The zero-order valence-corrected chi connectivity index (χ0v) is 61.9. The number of aliphatic hydroxyl groups is 28. The maximum Gasteiger partial charge on any atom is 0.187 e. The summed E-state index contributed by atoms with van der Waals surface area (Å²) in [6.45, 7) is -9.48. The third kappa shape index (κ3) is 19.6. The highest BCUT2D eigenvalue weighted by Gasteiger charge is 2.60. The van der Waals surface area contributed by atoms with Crippen molar-refractivity contribution < 1.29 is 261 Å². The maximum atomic E-state index is 11.8. The summed E-state index contributed by atoms with van der Waals surface area (Å²) in [6, 6.07) is 0. The van der Waals surface area contributed by atoms with Gasteiger partial charge in [0.1, 0.15) is 238 Å². The van der Waals surface area contributed by atoms with Gasteiger partial charge in [0.2, 0.25) is 0 Å². The highest BCUT2D eigenvalue weighted by atomic mass is 16.8. The molecular formula is C65H106O53. The van der Waals surface area contributed by atoms with Crippen molar-refractivity contribution in [1.82, 2.24) is 0 Å². The molecule has 0 bridgehead atoms. The van der Waals surface area contributed by atoms with Crippen molar-refractivity contribution in [3.63, 3.8) is 0 Å². The minimum atomic E-state index is -1.96. The minimum absolute atomic E-state index is 0.554. The van der Waals surface area contributed by atoms with Crippen LogP contribution in [0, 0.1) is 0 Å². The summed E-state index contributed by atoms with van der Waals surface area (Å²) < 4.78 is 143. The number of ether oxygens (including phenoxy) is 25. The highest BCUT2D eigenvalue weighted by Crippen LogP contribution is 2.40. The van der Waals surface area contributed by atoms with E-state index in [1.54, 1.807) is 0 Å². The molecule has 0 aromatic rings. The molecule has 13 heterocycles. The smallest absolute Gasteiger partial charge is 0.187 e. The fourth-order valence-electron chi connectivity index (χ4n) is 15.5. The van der Waals surface area contributed by atoms with Crippen LogP contribution in [-0.4, -0.2) is 549 Å². The van der Waals surface area contributed by atoms with E-state index in [9.17, 15) is 143 Å². The van der Waals surface area contributed by atoms with Gasteiger partial charge in [-0.15, -0.1) is 0 Å². The van der Waals surface area contributed by atoms with Crippen molar-refractivity contribution in [3.8, 4) is 0 Å². The normalized spacial score (nSPS) is 53.5. The van der Waals surface area contributed by atoms with Gasteiger partial charge < -0.3 is 261 Å². The van der Waals surface area contributed by atoms with E-state index in [-0.39, 0.29) is 0 Å². The molecule has 0 aliphatic carbocycles. The number of hydrogen-bond acceptors (Lipinski definition) is 53. The molecular weight excluding hydrogens is 1630 g/mol. The molecule has 53 heteroatoms. The molecule has 13 aliphatic rings. The molecule has 0 unspecified atom stereocenters. The van der Waals surface area contributed by atoms with E-state index in [1.807, 2.05) is 0 Å². The Kier molecular flexibility index (Phi) is 32.1. The average Bonchev–Trinajstić information content (AvgIpc) is 1.64. The summed E-state index contributed by atoms with van der Waals surface area (Å²) in [6.07, 6.45) is -87.2. The van der Waals surface area contributed by atoms with Crippen LogP contribution in [0.15, 0.2) is 0 Å². The van der Waals surface area contributed by atoms with E-state index in [0.29, 0.717) is 0 Å². The molecule has 13 aliphatic heterocycles. The van der Waals surface area contributed by atoms with Crippen LogP contribution in [0.4, 0.5) is 0 Å². The van der Waals surface area contributed by atoms with Crippen LogP contribution in [0.1, 0.15) is 0 Å². The molecule has 13 fully saturated rings. The Balaban J connectivity index is 0.626. The van der Waals surface area contributed by atoms with E-state index in [0.717, 1.165) is 0 Å². The lowest BCUT2D eigenvalue weighted by Gasteiger charge is -2.27. The number of hydrogen-bond donors (Lipinski definition) is 28. The summed E-state index contributed by atoms with van der Waals surface area (Å²) in [5.74, 6) is 0. The van der Waals surface area contributed by atoms with E-state index < -0.39 is 406 Å². The Hall–Kier alpha value is -2.12. The van der Waals surface area contributed by atoms with Gasteiger partial charge >= 0.3 is 0 Å². The molecule has 52 atom stereocenters. The first-order chi connectivity index (χ1) is 56.3. The molecule has 13 rings (SSSR count). The molecule has 0 radical (unpaired) electrons. The van der Waals surface area contributed by atoms with Crippen molar-refractivity contribution in [2.75, 3.05) is 85.9 Å². The second kappa shape index (κ2) is 40.5. The van der Waals surface area contributed by atoms with Crippen molar-refractivity contribution in [1.29, 1.82) is 0 Å². The van der Waals surface area contributed by atoms with E-state index in [1.165, 1.54) is 0 Å². The van der Waals surface area contributed by atoms with Crippen molar-refractivity contribution in [2.45, 2.75) is 320 Å². The lowest BCUT2D eigenvalue weighted by molar-refractivity contribution is -0.237. The van der Waals surface area contributed by atoms with Crippen LogP contribution in [0.2, 0.25) is 0 Å². The quantitative estimate of drug-likeness (QED) is 0.0275. The minimum Gasteiger partial charge on any atom is -0.394 e. The van der Waals surface area contributed by atoms with Gasteiger partial charge in [-0.3, -0.25) is 0 Å². The van der Waals surface area contributed by atoms with Crippen molar-refractivity contribution in [3.05, 3.63) is 0 Å². The predicted molar refractivity (Wildman–Crippen MR) is 349 cm³/mol. The molecule has 0 aromatic heterocycles. The molecule has 118 heavy (non-hydrogen) atoms. The summed E-state index contributed by atoms with van der Waals surface area (Å²) >= 11 is 0. The summed E-state index contributed by atoms with van der Waals surface area (Å²) in [7, 11) is 0. The molecule has 684 valence electrons. The maximum absolute atomic E-state index is 11.8. The van der Waals surface area contributed by atoms with Gasteiger partial charge in [-0.25, -0.2) is 0 Å². The molecule has 0 spiro atoms. The van der Waals surface area contributed by atoms with Gasteiger partial charge in [-0.1, -0.05) is 0 Å². The van der Waals surface area contributed by atoms with E-state index in [2.05, 4.69) is 0 Å². The Labute approximate surface area is 665 Å². The largest absolute Gasteiger partial charge is 0.394 e. The van der Waals surface area contributed by atoms with Crippen LogP contribution in [-0.2, 0) is 118 Å². The SMILES string of the molecule is OC[C@@H]1O[C@@H](O[C@@H]2[C@@H](O)[C@H](OC[C@@H]3O[C@@H](OC[C@@H]4O[C@@H](OC[C@@H]5O[C@@H](OC[C@@H]6O[C@@H](OC[C@@H]7O[C@@H](OC[C@@H]8O[C@@H](O)[C@H](O)[C@H]8O)[C@H](O)[C@H]7O)[C@H](O)[C@H]6O[C@@H]6O[C@@H](CO)[C@H](O[C@@H]7O[C@@H](CO)[C@H](O)[C@H]7O)[C@H]6O)[C@H](O)[C@H]5O)[C@H](O)[C@H]4O[C@@H]4O[C@@H](CO)[C@H](O)[C@H]4O)[C@H](O)[C@H]3O)O[C@H]2CO[C@@H]2O[C@@H](CO[C@H]3O[C@@H](CO)[C@H](O)[C@H]3O)[C@H](O)[C@H]2O)[C@H](O)[C@H]1O. The van der Waals surface area contributed by atoms with E-state index in [4.69, 9.17) is 118 Å². The monoisotopic (exact) mass is 1730 g/mol. The van der Waals surface area contributed by atoms with Crippen LogP contribution in [0.3, 0.4) is 0 Å². The summed E-state index contributed by atoms with van der Waals surface area (Å²) in [5.41, 5.74) is 0.